The van der Waals surface area contributed by atoms with Gasteiger partial charge in [0.2, 0.25) is 11.8 Å². The van der Waals surface area contributed by atoms with E-state index in [4.69, 9.17) is 0 Å². The fraction of sp³-hybridized carbons (Fsp3) is 0.500. The molecule has 25 heavy (non-hydrogen) atoms. The van der Waals surface area contributed by atoms with Crippen LogP contribution >= 0.6 is 0 Å². The summed E-state index contributed by atoms with van der Waals surface area (Å²) < 4.78 is 0. The molecule has 0 bridgehead atoms. The molecule has 1 atom stereocenters. The van der Waals surface area contributed by atoms with Crippen molar-refractivity contribution in [2.45, 2.75) is 44.4 Å². The molecule has 3 aliphatic rings. The van der Waals surface area contributed by atoms with Crippen LogP contribution in [0.15, 0.2) is 18.2 Å². The summed E-state index contributed by atoms with van der Waals surface area (Å²) >= 11 is 0. The Bertz CT molecular complexity index is 757. The quantitative estimate of drug-likeness (QED) is 0.665. The maximum Gasteiger partial charge on any atom is 0.255 e. The minimum Gasteiger partial charge on any atom is -0.322 e. The minimum atomic E-state index is -0.556. The van der Waals surface area contributed by atoms with Crippen LogP contribution in [0.25, 0.3) is 0 Å². The van der Waals surface area contributed by atoms with Crippen LogP contribution in [0.2, 0.25) is 0 Å². The van der Waals surface area contributed by atoms with Gasteiger partial charge in [-0.15, -0.1) is 0 Å². The first-order valence-electron chi connectivity index (χ1n) is 8.67. The highest BCUT2D eigenvalue weighted by Crippen LogP contribution is 2.28. The lowest BCUT2D eigenvalue weighted by Gasteiger charge is -2.40. The zero-order valence-electron chi connectivity index (χ0n) is 14.2. The number of carbonyl (C=O) groups excluding carboxylic acids is 3. The van der Waals surface area contributed by atoms with Crippen molar-refractivity contribution in [1.29, 1.82) is 0 Å². The molecule has 0 aliphatic carbocycles. The molecule has 3 N–H and O–H groups in total. The summed E-state index contributed by atoms with van der Waals surface area (Å²) in [5.74, 6) is -0.762. The van der Waals surface area contributed by atoms with Crippen molar-refractivity contribution in [1.82, 2.24) is 20.9 Å². The molecule has 0 radical (unpaired) electrons. The van der Waals surface area contributed by atoms with Crippen LogP contribution in [0.4, 0.5) is 0 Å². The maximum atomic E-state index is 12.6. The van der Waals surface area contributed by atoms with Gasteiger partial charge in [0.15, 0.2) is 0 Å². The average molecular weight is 342 g/mol. The summed E-state index contributed by atoms with van der Waals surface area (Å²) in [5.41, 5.74) is 2.87. The largest absolute Gasteiger partial charge is 0.322 e. The topological polar surface area (TPSA) is 90.5 Å². The van der Waals surface area contributed by atoms with Crippen LogP contribution < -0.4 is 16.0 Å². The number of piperidine rings is 1. The summed E-state index contributed by atoms with van der Waals surface area (Å²) in [6.45, 7) is 5.27. The maximum absolute atomic E-state index is 12.6. The fourth-order valence-corrected chi connectivity index (χ4v) is 3.68. The first-order chi connectivity index (χ1) is 12.0. The number of nitrogens with zero attached hydrogens (tertiary/aromatic N) is 1. The Kier molecular flexibility index (Phi) is 3.85. The number of hydrogen-bond donors (Lipinski definition) is 3. The molecule has 7 heteroatoms. The molecule has 1 aromatic carbocycles. The summed E-state index contributed by atoms with van der Waals surface area (Å²) in [6, 6.07) is 5.30. The molecular formula is C18H22N4O3. The molecule has 0 saturated carbocycles. The molecule has 2 saturated heterocycles. The van der Waals surface area contributed by atoms with E-state index in [1.807, 2.05) is 18.2 Å². The summed E-state index contributed by atoms with van der Waals surface area (Å²) in [6.07, 6.45) is 0.669. The van der Waals surface area contributed by atoms with Crippen molar-refractivity contribution < 1.29 is 14.4 Å². The second-order valence-electron chi connectivity index (χ2n) is 7.41. The number of nitrogens with one attached hydrogen (secondary N) is 3. The van der Waals surface area contributed by atoms with Crippen molar-refractivity contribution >= 4 is 17.7 Å². The van der Waals surface area contributed by atoms with Crippen LogP contribution in [-0.4, -0.2) is 47.3 Å². The molecule has 1 unspecified atom stereocenters. The Hall–Kier alpha value is -2.25. The number of imide groups is 1. The second kappa shape index (κ2) is 5.93. The SMILES string of the molecule is CC1(NCc2ccc3c(c2)CN(C2CCC(=O)NC2=O)C3=O)CNC1. The van der Waals surface area contributed by atoms with Crippen LogP contribution in [0.1, 0.15) is 41.3 Å². The van der Waals surface area contributed by atoms with Gasteiger partial charge in [-0.1, -0.05) is 12.1 Å². The van der Waals surface area contributed by atoms with Crippen LogP contribution in [0.5, 0.6) is 0 Å². The van der Waals surface area contributed by atoms with Gasteiger partial charge >= 0.3 is 0 Å². The molecule has 3 aliphatic heterocycles. The van der Waals surface area contributed by atoms with Gasteiger partial charge in [0.05, 0.1) is 0 Å². The molecule has 2 fully saturated rings. The number of fused-ring (bicyclic) bond motifs is 1. The molecule has 7 nitrogen and oxygen atoms in total. The van der Waals surface area contributed by atoms with Crippen molar-refractivity contribution in [2.75, 3.05) is 13.1 Å². The van der Waals surface area contributed by atoms with Crippen LogP contribution in [0, 0.1) is 0 Å². The van der Waals surface area contributed by atoms with Crippen LogP contribution in [-0.2, 0) is 22.7 Å². The van der Waals surface area contributed by atoms with Gasteiger partial charge in [-0.05, 0) is 30.5 Å². The lowest BCUT2D eigenvalue weighted by molar-refractivity contribution is -0.136. The average Bonchev–Trinajstić information content (AvgIpc) is 2.87. The predicted octanol–water partition coefficient (Wildman–Crippen LogP) is -0.101. The van der Waals surface area contributed by atoms with E-state index in [0.29, 0.717) is 18.5 Å². The summed E-state index contributed by atoms with van der Waals surface area (Å²) in [4.78, 5) is 37.6. The highest BCUT2D eigenvalue weighted by Gasteiger charge is 2.39. The molecule has 132 valence electrons. The number of hydrogen-bond acceptors (Lipinski definition) is 5. The first kappa shape index (κ1) is 16.2. The Morgan fingerprint density at radius 1 is 1.28 bits per heavy atom. The number of carbonyl (C=O) groups is 3. The highest BCUT2D eigenvalue weighted by molar-refractivity contribution is 6.05. The third-order valence-corrected chi connectivity index (χ3v) is 5.34. The molecule has 1 aromatic rings. The molecular weight excluding hydrogens is 320 g/mol. The van der Waals surface area contributed by atoms with E-state index in [-0.39, 0.29) is 29.7 Å². The van der Waals surface area contributed by atoms with E-state index in [1.165, 1.54) is 0 Å². The van der Waals surface area contributed by atoms with Crippen molar-refractivity contribution in [3.8, 4) is 0 Å². The monoisotopic (exact) mass is 342 g/mol. The lowest BCUT2D eigenvalue weighted by atomic mass is 9.95. The molecule has 3 amide bonds. The van der Waals surface area contributed by atoms with Crippen molar-refractivity contribution in [3.63, 3.8) is 0 Å². The number of benzene rings is 1. The molecule has 4 rings (SSSR count). The number of rotatable bonds is 4. The lowest BCUT2D eigenvalue weighted by Crippen LogP contribution is -2.65. The summed E-state index contributed by atoms with van der Waals surface area (Å²) in [7, 11) is 0. The molecule has 3 heterocycles. The van der Waals surface area contributed by atoms with Crippen molar-refractivity contribution in [2.24, 2.45) is 0 Å². The van der Waals surface area contributed by atoms with E-state index in [2.05, 4.69) is 22.9 Å². The Morgan fingerprint density at radius 2 is 2.08 bits per heavy atom. The van der Waals surface area contributed by atoms with Crippen LogP contribution in [0.3, 0.4) is 0 Å². The minimum absolute atomic E-state index is 0.126. The molecule has 0 spiro atoms. The third-order valence-electron chi connectivity index (χ3n) is 5.34. The zero-order chi connectivity index (χ0) is 17.6. The standard InChI is InChI=1S/C18H22N4O3/c1-18(9-19-10-18)20-7-11-2-3-13-12(6-11)8-22(17(13)25)14-4-5-15(23)21-16(14)24/h2-3,6,14,19-20H,4-5,7-10H2,1H3,(H,21,23,24). The highest BCUT2D eigenvalue weighted by atomic mass is 16.2. The van der Waals surface area contributed by atoms with E-state index in [0.717, 1.165) is 30.8 Å². The summed E-state index contributed by atoms with van der Waals surface area (Å²) in [5, 5.41) is 9.12. The van der Waals surface area contributed by atoms with Gasteiger partial charge in [0.1, 0.15) is 6.04 Å². The molecule has 0 aromatic heterocycles. The zero-order valence-corrected chi connectivity index (χ0v) is 14.2. The van der Waals surface area contributed by atoms with Gasteiger partial charge < -0.3 is 15.5 Å². The predicted molar refractivity (Wildman–Crippen MR) is 90.6 cm³/mol. The Morgan fingerprint density at radius 3 is 2.76 bits per heavy atom. The van der Waals surface area contributed by atoms with E-state index >= 15 is 0 Å². The first-order valence-corrected chi connectivity index (χ1v) is 8.67. The van der Waals surface area contributed by atoms with Gasteiger partial charge in [-0.2, -0.15) is 0 Å². The van der Waals surface area contributed by atoms with E-state index < -0.39 is 6.04 Å². The Labute approximate surface area is 146 Å². The van der Waals surface area contributed by atoms with Gasteiger partial charge in [0, 0.05) is 43.7 Å². The fourth-order valence-electron chi connectivity index (χ4n) is 3.68. The smallest absolute Gasteiger partial charge is 0.255 e. The van der Waals surface area contributed by atoms with E-state index in [1.54, 1.807) is 4.90 Å². The number of amides is 3. The second-order valence-corrected chi connectivity index (χ2v) is 7.41. The normalized spacial score (nSPS) is 24.8. The van der Waals surface area contributed by atoms with Gasteiger partial charge in [-0.3, -0.25) is 19.7 Å². The Balaban J connectivity index is 1.47. The van der Waals surface area contributed by atoms with Crippen molar-refractivity contribution in [3.05, 3.63) is 34.9 Å². The third kappa shape index (κ3) is 2.94. The van der Waals surface area contributed by atoms with Gasteiger partial charge in [-0.25, -0.2) is 0 Å². The van der Waals surface area contributed by atoms with E-state index in [9.17, 15) is 14.4 Å². The van der Waals surface area contributed by atoms with Gasteiger partial charge in [0.25, 0.3) is 5.91 Å².